The van der Waals surface area contributed by atoms with E-state index in [2.05, 4.69) is 79.7 Å². The topological polar surface area (TPSA) is 17.1 Å². The van der Waals surface area contributed by atoms with Crippen LogP contribution in [0.3, 0.4) is 0 Å². The van der Waals surface area contributed by atoms with Gasteiger partial charge in [0.2, 0.25) is 0 Å². The minimum absolute atomic E-state index is 0.167. The second kappa shape index (κ2) is 21.9. The minimum Gasteiger partial charge on any atom is -0.300 e. The van der Waals surface area contributed by atoms with Crippen molar-refractivity contribution in [3.8, 4) is 0 Å². The number of carbonyl (C=O) groups excluding carboxylic acids is 1. The molecule has 0 aliphatic heterocycles. The Balaban J connectivity index is -0.000000294. The summed E-state index contributed by atoms with van der Waals surface area (Å²) in [5.41, 5.74) is 2.68. The fourth-order valence-electron chi connectivity index (χ4n) is 2.06. The van der Waals surface area contributed by atoms with Gasteiger partial charge in [0.1, 0.15) is 5.78 Å². The summed E-state index contributed by atoms with van der Waals surface area (Å²) >= 11 is 0. The van der Waals surface area contributed by atoms with E-state index in [1.165, 1.54) is 63.5 Å². The number of benzene rings is 1. The van der Waals surface area contributed by atoms with Crippen LogP contribution in [-0.4, -0.2) is 5.78 Å². The molecule has 1 nitrogen and oxygen atoms in total. The zero-order valence-corrected chi connectivity index (χ0v) is 19.6. The van der Waals surface area contributed by atoms with Crippen LogP contribution in [0.1, 0.15) is 105 Å². The molecule has 0 aliphatic rings. The lowest BCUT2D eigenvalue weighted by Gasteiger charge is -2.08. The molecule has 0 heterocycles. The number of Topliss-reactive ketones (excluding diaryl/α,β-unsaturated/α-hetero) is 1. The summed E-state index contributed by atoms with van der Waals surface area (Å²) in [6.45, 7) is 20.7. The van der Waals surface area contributed by atoms with Gasteiger partial charge in [-0.3, -0.25) is 0 Å². The molecule has 0 saturated carbocycles. The van der Waals surface area contributed by atoms with Crippen LogP contribution < -0.4 is 0 Å². The maximum absolute atomic E-state index is 9.44. The summed E-state index contributed by atoms with van der Waals surface area (Å²) in [5.74, 6) is 1.97. The monoisotopic (exact) mass is 364 g/mol. The van der Waals surface area contributed by atoms with E-state index < -0.39 is 0 Å². The first-order valence-electron chi connectivity index (χ1n) is 10.6. The van der Waals surface area contributed by atoms with E-state index in [0.717, 1.165) is 11.8 Å². The van der Waals surface area contributed by atoms with Crippen molar-refractivity contribution in [2.45, 2.75) is 108 Å². The number of ketones is 1. The molecule has 1 heteroatoms. The fraction of sp³-hybridized carbons (Fsp3) is 0.720. The smallest absolute Gasteiger partial charge is 0.126 e. The van der Waals surface area contributed by atoms with Gasteiger partial charge < -0.3 is 4.79 Å². The Bertz CT molecular complexity index is 374. The lowest BCUT2D eigenvalue weighted by atomic mass is 9.98. The van der Waals surface area contributed by atoms with Gasteiger partial charge in [-0.2, -0.15) is 0 Å². The maximum atomic E-state index is 9.44. The van der Waals surface area contributed by atoms with Gasteiger partial charge in [0.05, 0.1) is 0 Å². The van der Waals surface area contributed by atoms with Crippen LogP contribution in [0.4, 0.5) is 0 Å². The third kappa shape index (κ3) is 38.4. The van der Waals surface area contributed by atoms with Gasteiger partial charge in [-0.1, -0.05) is 115 Å². The number of hydrogen-bond donors (Lipinski definition) is 0. The molecule has 154 valence electrons. The van der Waals surface area contributed by atoms with Gasteiger partial charge in [0, 0.05) is 0 Å². The van der Waals surface area contributed by atoms with Crippen LogP contribution >= 0.6 is 0 Å². The number of hydrogen-bond acceptors (Lipinski definition) is 1. The molecular weight excluding hydrogens is 316 g/mol. The largest absolute Gasteiger partial charge is 0.300 e. The molecule has 0 N–H and O–H groups in total. The van der Waals surface area contributed by atoms with E-state index in [1.54, 1.807) is 0 Å². The van der Waals surface area contributed by atoms with Crippen LogP contribution in [-0.2, 0) is 4.79 Å². The van der Waals surface area contributed by atoms with E-state index in [1.807, 2.05) is 0 Å². The van der Waals surface area contributed by atoms with E-state index >= 15 is 0 Å². The van der Waals surface area contributed by atoms with Crippen molar-refractivity contribution in [1.82, 2.24) is 0 Å². The predicted molar refractivity (Wildman–Crippen MR) is 121 cm³/mol. The molecule has 26 heavy (non-hydrogen) atoms. The van der Waals surface area contributed by atoms with Crippen molar-refractivity contribution in [1.29, 1.82) is 0 Å². The lowest BCUT2D eigenvalue weighted by molar-refractivity contribution is -0.114. The summed E-state index contributed by atoms with van der Waals surface area (Å²) in [7, 11) is 0. The van der Waals surface area contributed by atoms with Crippen molar-refractivity contribution in [2.24, 2.45) is 11.8 Å². The first kappa shape index (κ1) is 29.6. The molecule has 0 aliphatic carbocycles. The van der Waals surface area contributed by atoms with Crippen LogP contribution in [0.5, 0.6) is 0 Å². The zero-order valence-electron chi connectivity index (χ0n) is 19.6. The van der Waals surface area contributed by atoms with Crippen molar-refractivity contribution in [3.63, 3.8) is 0 Å². The van der Waals surface area contributed by atoms with Crippen LogP contribution in [0, 0.1) is 25.7 Å². The van der Waals surface area contributed by atoms with Gasteiger partial charge in [-0.05, 0) is 39.5 Å². The van der Waals surface area contributed by atoms with E-state index in [9.17, 15) is 4.79 Å². The molecule has 1 aromatic carbocycles. The second-order valence-electron chi connectivity index (χ2n) is 8.19. The third-order valence-electron chi connectivity index (χ3n) is 3.27. The standard InChI is InChI=1S/C10H22.C8H10.C4H10.C3H6O/c1-4-6-8-10(3)9-7-5-2;1-7-4-3-5-8(2)6-7;1-4(2)3;1-3(2)4/h10H,4-9H2,1-3H3;3-6H,1-2H3;4H,1-3H3;1-2H3. The van der Waals surface area contributed by atoms with Gasteiger partial charge in [-0.25, -0.2) is 0 Å². The molecule has 0 radical (unpaired) electrons. The Hall–Kier alpha value is -1.11. The van der Waals surface area contributed by atoms with Crippen LogP contribution in [0.25, 0.3) is 0 Å². The first-order chi connectivity index (χ1) is 12.1. The van der Waals surface area contributed by atoms with Crippen molar-refractivity contribution >= 4 is 5.78 Å². The fourth-order valence-corrected chi connectivity index (χ4v) is 2.06. The summed E-state index contributed by atoms with van der Waals surface area (Å²) in [4.78, 5) is 9.44. The van der Waals surface area contributed by atoms with Crippen molar-refractivity contribution in [3.05, 3.63) is 35.4 Å². The summed E-state index contributed by atoms with van der Waals surface area (Å²) in [6.07, 6.45) is 8.44. The predicted octanol–water partition coefficient (Wildman–Crippen LogP) is 8.56. The highest BCUT2D eigenvalue weighted by molar-refractivity contribution is 5.72. The highest BCUT2D eigenvalue weighted by atomic mass is 16.1. The molecule has 0 unspecified atom stereocenters. The average molecular weight is 365 g/mol. The molecule has 0 amide bonds. The Morgan fingerprint density at radius 2 is 1.15 bits per heavy atom. The minimum atomic E-state index is 0.167. The highest BCUT2D eigenvalue weighted by Crippen LogP contribution is 2.14. The van der Waals surface area contributed by atoms with Crippen molar-refractivity contribution < 1.29 is 4.79 Å². The summed E-state index contributed by atoms with van der Waals surface area (Å²) in [6, 6.07) is 8.45. The van der Waals surface area contributed by atoms with Gasteiger partial charge in [-0.15, -0.1) is 0 Å². The molecule has 1 rings (SSSR count). The first-order valence-corrected chi connectivity index (χ1v) is 10.6. The molecular formula is C25H48O. The zero-order chi connectivity index (χ0) is 21.0. The number of rotatable bonds is 6. The Kier molecular flexibility index (Phi) is 25.0. The van der Waals surface area contributed by atoms with Gasteiger partial charge in [0.25, 0.3) is 0 Å². The number of aryl methyl sites for hydroxylation is 2. The quantitative estimate of drug-likeness (QED) is 0.494. The Morgan fingerprint density at radius 3 is 1.35 bits per heavy atom. The van der Waals surface area contributed by atoms with E-state index in [4.69, 9.17) is 0 Å². The Morgan fingerprint density at radius 1 is 0.846 bits per heavy atom. The average Bonchev–Trinajstić information content (AvgIpc) is 2.50. The van der Waals surface area contributed by atoms with Gasteiger partial charge >= 0.3 is 0 Å². The molecule has 0 spiro atoms. The molecule has 1 aromatic rings. The van der Waals surface area contributed by atoms with E-state index in [-0.39, 0.29) is 5.78 Å². The van der Waals surface area contributed by atoms with Crippen molar-refractivity contribution in [2.75, 3.05) is 0 Å². The molecule has 0 atom stereocenters. The second-order valence-corrected chi connectivity index (χ2v) is 8.19. The molecule has 0 saturated heterocycles. The molecule has 0 fully saturated rings. The van der Waals surface area contributed by atoms with Crippen LogP contribution in [0.15, 0.2) is 24.3 Å². The highest BCUT2D eigenvalue weighted by Gasteiger charge is 1.98. The Labute approximate surface area is 166 Å². The van der Waals surface area contributed by atoms with Gasteiger partial charge in [0.15, 0.2) is 0 Å². The molecule has 0 bridgehead atoms. The SMILES string of the molecule is CC(C)=O.CC(C)C.CCCCC(C)CCCC.Cc1cccc(C)c1. The van der Waals surface area contributed by atoms with E-state index in [0.29, 0.717) is 0 Å². The third-order valence-corrected chi connectivity index (χ3v) is 3.27. The van der Waals surface area contributed by atoms with Crippen LogP contribution in [0.2, 0.25) is 0 Å². The summed E-state index contributed by atoms with van der Waals surface area (Å²) in [5, 5.41) is 0. The number of unbranched alkanes of at least 4 members (excludes halogenated alkanes) is 2. The maximum Gasteiger partial charge on any atom is 0.126 e. The normalized spacial score (nSPS) is 9.38. The number of carbonyl (C=O) groups is 1. The summed E-state index contributed by atoms with van der Waals surface area (Å²) < 4.78 is 0. The lowest BCUT2D eigenvalue weighted by Crippen LogP contribution is -1.93. The molecule has 0 aromatic heterocycles.